The number of anilines is 1. The molecule has 1 aliphatic carbocycles. The zero-order chi connectivity index (χ0) is 12.5. The van der Waals surface area contributed by atoms with Gasteiger partial charge >= 0.3 is 0 Å². The van der Waals surface area contributed by atoms with Gasteiger partial charge in [0.15, 0.2) is 0 Å². The molecule has 2 nitrogen and oxygen atoms in total. The number of benzene rings is 1. The van der Waals surface area contributed by atoms with Gasteiger partial charge in [-0.05, 0) is 12.1 Å². The summed E-state index contributed by atoms with van der Waals surface area (Å²) in [5, 5.41) is 0.275. The van der Waals surface area contributed by atoms with Gasteiger partial charge < -0.3 is 4.90 Å². The highest BCUT2D eigenvalue weighted by Gasteiger charge is 2.35. The van der Waals surface area contributed by atoms with Crippen LogP contribution in [0.5, 0.6) is 0 Å². The Hall–Kier alpha value is -1.19. The molecule has 92 valence electrons. The molecule has 18 heavy (non-hydrogen) atoms. The molecule has 1 aromatic carbocycles. The van der Waals surface area contributed by atoms with Crippen LogP contribution in [0, 0.1) is 0 Å². The van der Waals surface area contributed by atoms with E-state index in [1.165, 1.54) is 0 Å². The molecule has 0 unspecified atom stereocenters. The monoisotopic (exact) mass is 277 g/mol. The lowest BCUT2D eigenvalue weighted by molar-refractivity contribution is -0.116. The number of amides is 1. The summed E-state index contributed by atoms with van der Waals surface area (Å²) < 4.78 is 0. The third-order valence-electron chi connectivity index (χ3n) is 3.13. The van der Waals surface area contributed by atoms with Gasteiger partial charge in [0.2, 0.25) is 5.91 Å². The Kier molecular flexibility index (Phi) is 3.18. The van der Waals surface area contributed by atoms with Crippen LogP contribution in [0.3, 0.4) is 0 Å². The van der Waals surface area contributed by atoms with Crippen LogP contribution < -0.4 is 4.90 Å². The van der Waals surface area contributed by atoms with Crippen molar-refractivity contribution in [1.29, 1.82) is 0 Å². The van der Waals surface area contributed by atoms with E-state index in [9.17, 15) is 4.79 Å². The van der Waals surface area contributed by atoms with Crippen molar-refractivity contribution in [3.8, 4) is 0 Å². The molecule has 0 fully saturated rings. The molecule has 0 N–H and O–H groups in total. The minimum absolute atomic E-state index is 0.0137. The molecule has 1 aromatic rings. The summed E-state index contributed by atoms with van der Waals surface area (Å²) in [4.78, 5) is 15.1. The van der Waals surface area contributed by atoms with E-state index in [1.54, 1.807) is 11.8 Å². The van der Waals surface area contributed by atoms with E-state index in [4.69, 9.17) is 11.6 Å². The summed E-state index contributed by atoms with van der Waals surface area (Å²) in [5.74, 6) is -0.0286. The quantitative estimate of drug-likeness (QED) is 0.735. The number of rotatable bonds is 1. The van der Waals surface area contributed by atoms with Crippen molar-refractivity contribution in [1.82, 2.24) is 0 Å². The highest BCUT2D eigenvalue weighted by molar-refractivity contribution is 8.00. The largest absolute Gasteiger partial charge is 0.302 e. The van der Waals surface area contributed by atoms with Gasteiger partial charge in [0.1, 0.15) is 5.88 Å². The first-order valence-electron chi connectivity index (χ1n) is 5.80. The molecule has 1 aliphatic heterocycles. The second kappa shape index (κ2) is 4.82. The summed E-state index contributed by atoms with van der Waals surface area (Å²) in [5.41, 5.74) is 0.967. The van der Waals surface area contributed by atoms with E-state index in [0.29, 0.717) is 0 Å². The Labute approximate surface area is 115 Å². The van der Waals surface area contributed by atoms with Crippen molar-refractivity contribution in [2.75, 3.05) is 10.8 Å². The molecular formula is C14H12ClNOS. The number of alkyl halides is 1. The molecule has 2 atom stereocenters. The number of hydrogen-bond donors (Lipinski definition) is 0. The molecule has 0 bridgehead atoms. The molecule has 0 saturated heterocycles. The highest BCUT2D eigenvalue weighted by atomic mass is 35.5. The van der Waals surface area contributed by atoms with Crippen LogP contribution in [0.15, 0.2) is 53.5 Å². The minimum Gasteiger partial charge on any atom is -0.302 e. The van der Waals surface area contributed by atoms with Crippen molar-refractivity contribution in [3.05, 3.63) is 48.6 Å². The zero-order valence-corrected chi connectivity index (χ0v) is 11.2. The fourth-order valence-electron chi connectivity index (χ4n) is 2.35. The van der Waals surface area contributed by atoms with Crippen molar-refractivity contribution in [2.45, 2.75) is 16.2 Å². The molecule has 2 aliphatic rings. The van der Waals surface area contributed by atoms with Crippen LogP contribution in [0.25, 0.3) is 0 Å². The second-order valence-corrected chi connectivity index (χ2v) is 5.70. The average Bonchev–Trinajstić information content (AvgIpc) is 2.44. The van der Waals surface area contributed by atoms with Crippen molar-refractivity contribution in [2.24, 2.45) is 0 Å². The minimum atomic E-state index is -0.0423. The Morgan fingerprint density at radius 1 is 1.28 bits per heavy atom. The van der Waals surface area contributed by atoms with Gasteiger partial charge in [0.25, 0.3) is 0 Å². The van der Waals surface area contributed by atoms with E-state index in [2.05, 4.69) is 18.2 Å². The van der Waals surface area contributed by atoms with Crippen molar-refractivity contribution < 1.29 is 4.79 Å². The first-order valence-corrected chi connectivity index (χ1v) is 7.21. The SMILES string of the molecule is O=C(CCl)N1c2ccccc2S[C@@H]2C=CC=C[C@@H]21. The highest BCUT2D eigenvalue weighted by Crippen LogP contribution is 2.43. The number of para-hydroxylation sites is 1. The van der Waals surface area contributed by atoms with Gasteiger partial charge in [-0.3, -0.25) is 4.79 Å². The summed E-state index contributed by atoms with van der Waals surface area (Å²) in [6.07, 6.45) is 8.23. The fraction of sp³-hybridized carbons (Fsp3) is 0.214. The average molecular weight is 278 g/mol. The van der Waals surface area contributed by atoms with E-state index < -0.39 is 0 Å². The molecule has 1 heterocycles. The number of thioether (sulfide) groups is 1. The normalized spacial score (nSPS) is 24.6. The summed E-state index contributed by atoms with van der Waals surface area (Å²) in [6.45, 7) is 0. The smallest absolute Gasteiger partial charge is 0.242 e. The molecular weight excluding hydrogens is 266 g/mol. The topological polar surface area (TPSA) is 20.3 Å². The standard InChI is InChI=1S/C14H12ClNOS/c15-9-14(17)16-10-5-1-3-7-12(10)18-13-8-4-2-6-11(13)16/h1-8,10,12H,9H2/t10-,12+/m0/s1. The lowest BCUT2D eigenvalue weighted by atomic mass is 10.0. The fourth-order valence-corrected chi connectivity index (χ4v) is 3.73. The van der Waals surface area contributed by atoms with E-state index >= 15 is 0 Å². The first kappa shape index (κ1) is 11.9. The predicted octanol–water partition coefficient (Wildman–Crippen LogP) is 3.23. The molecule has 0 spiro atoms. The summed E-state index contributed by atoms with van der Waals surface area (Å²) >= 11 is 7.54. The Morgan fingerprint density at radius 2 is 2.06 bits per heavy atom. The third kappa shape index (κ3) is 1.88. The van der Waals surface area contributed by atoms with Crippen molar-refractivity contribution in [3.63, 3.8) is 0 Å². The Morgan fingerprint density at radius 3 is 2.89 bits per heavy atom. The molecule has 1 amide bonds. The number of fused-ring (bicyclic) bond motifs is 2. The van der Waals surface area contributed by atoms with Gasteiger partial charge in [0.05, 0.1) is 17.0 Å². The number of allylic oxidation sites excluding steroid dienone is 2. The lowest BCUT2D eigenvalue weighted by Crippen LogP contribution is -2.48. The van der Waals surface area contributed by atoms with Crippen LogP contribution >= 0.6 is 23.4 Å². The summed E-state index contributed by atoms with van der Waals surface area (Å²) in [6, 6.07) is 8.06. The van der Waals surface area contributed by atoms with Crippen LogP contribution in [0.1, 0.15) is 0 Å². The molecule has 4 heteroatoms. The van der Waals surface area contributed by atoms with Gasteiger partial charge in [-0.15, -0.1) is 23.4 Å². The van der Waals surface area contributed by atoms with Gasteiger partial charge in [-0.2, -0.15) is 0 Å². The van der Waals surface area contributed by atoms with Crippen LogP contribution in [-0.4, -0.2) is 23.1 Å². The van der Waals surface area contributed by atoms with Crippen LogP contribution in [-0.2, 0) is 4.79 Å². The lowest BCUT2D eigenvalue weighted by Gasteiger charge is -2.40. The van der Waals surface area contributed by atoms with E-state index in [-0.39, 0.29) is 23.1 Å². The van der Waals surface area contributed by atoms with Gasteiger partial charge in [0, 0.05) is 4.90 Å². The van der Waals surface area contributed by atoms with Crippen molar-refractivity contribution >= 4 is 35.0 Å². The maximum atomic E-state index is 12.1. The Bertz CT molecular complexity index is 540. The number of nitrogens with zero attached hydrogens (tertiary/aromatic N) is 1. The first-order chi connectivity index (χ1) is 8.81. The molecule has 0 aromatic heterocycles. The molecule has 3 rings (SSSR count). The zero-order valence-electron chi connectivity index (χ0n) is 9.62. The van der Waals surface area contributed by atoms with Crippen LogP contribution in [0.4, 0.5) is 5.69 Å². The third-order valence-corrected chi connectivity index (χ3v) is 4.66. The second-order valence-electron chi connectivity index (χ2n) is 4.21. The van der Waals surface area contributed by atoms with E-state index in [1.807, 2.05) is 35.3 Å². The number of carbonyl (C=O) groups is 1. The number of halogens is 1. The molecule has 0 saturated carbocycles. The number of hydrogen-bond acceptors (Lipinski definition) is 2. The predicted molar refractivity (Wildman–Crippen MR) is 76.4 cm³/mol. The number of carbonyl (C=O) groups excluding carboxylic acids is 1. The summed E-state index contributed by atoms with van der Waals surface area (Å²) in [7, 11) is 0. The van der Waals surface area contributed by atoms with Gasteiger partial charge in [-0.25, -0.2) is 0 Å². The van der Waals surface area contributed by atoms with Gasteiger partial charge in [-0.1, -0.05) is 36.4 Å². The van der Waals surface area contributed by atoms with Crippen LogP contribution in [0.2, 0.25) is 0 Å². The van der Waals surface area contributed by atoms with E-state index in [0.717, 1.165) is 10.6 Å². The molecule has 0 radical (unpaired) electrons. The maximum Gasteiger partial charge on any atom is 0.242 e. The maximum absolute atomic E-state index is 12.1. The Balaban J connectivity index is 2.10.